The summed E-state index contributed by atoms with van der Waals surface area (Å²) >= 11 is 6.06. The summed E-state index contributed by atoms with van der Waals surface area (Å²) < 4.78 is 10.9. The van der Waals surface area contributed by atoms with Gasteiger partial charge in [-0.2, -0.15) is 0 Å². The van der Waals surface area contributed by atoms with Crippen molar-refractivity contribution in [2.75, 3.05) is 26.3 Å². The maximum absolute atomic E-state index is 12.2. The van der Waals surface area contributed by atoms with Gasteiger partial charge in [0, 0.05) is 13.1 Å². The van der Waals surface area contributed by atoms with E-state index in [0.29, 0.717) is 37.1 Å². The highest BCUT2D eigenvalue weighted by atomic mass is 35.5. The summed E-state index contributed by atoms with van der Waals surface area (Å²) in [6.45, 7) is 6.11. The molecule has 1 aromatic carbocycles. The predicted octanol–water partition coefficient (Wildman–Crippen LogP) is 2.27. The van der Waals surface area contributed by atoms with Crippen LogP contribution in [0.2, 0.25) is 5.02 Å². The number of amides is 1. The quantitative estimate of drug-likeness (QED) is 0.854. The van der Waals surface area contributed by atoms with Crippen LogP contribution in [0.15, 0.2) is 18.2 Å². The molecule has 1 aliphatic heterocycles. The Morgan fingerprint density at radius 3 is 2.79 bits per heavy atom. The molecule has 0 aliphatic carbocycles. The van der Waals surface area contributed by atoms with Crippen LogP contribution in [0, 0.1) is 6.92 Å². The van der Waals surface area contributed by atoms with Crippen LogP contribution < -0.4 is 4.74 Å². The number of benzene rings is 1. The number of rotatable bonds is 3. The first kappa shape index (κ1) is 14.2. The van der Waals surface area contributed by atoms with Gasteiger partial charge < -0.3 is 14.4 Å². The largest absolute Gasteiger partial charge is 0.479 e. The van der Waals surface area contributed by atoms with Crippen LogP contribution in [0.4, 0.5) is 0 Å². The van der Waals surface area contributed by atoms with E-state index >= 15 is 0 Å². The normalized spacial score (nSPS) is 17.1. The van der Waals surface area contributed by atoms with E-state index in [1.54, 1.807) is 17.9 Å². The number of hydrogen-bond acceptors (Lipinski definition) is 3. The topological polar surface area (TPSA) is 38.8 Å². The number of aryl methyl sites for hydroxylation is 1. The van der Waals surface area contributed by atoms with E-state index in [9.17, 15) is 4.79 Å². The highest BCUT2D eigenvalue weighted by Crippen LogP contribution is 2.26. The van der Waals surface area contributed by atoms with Gasteiger partial charge in [0.15, 0.2) is 6.10 Å². The van der Waals surface area contributed by atoms with Gasteiger partial charge in [0.05, 0.1) is 18.2 Å². The van der Waals surface area contributed by atoms with Gasteiger partial charge in [0.25, 0.3) is 5.91 Å². The van der Waals surface area contributed by atoms with Gasteiger partial charge in [-0.3, -0.25) is 4.79 Å². The summed E-state index contributed by atoms with van der Waals surface area (Å²) in [5.74, 6) is 0.525. The highest BCUT2D eigenvalue weighted by Gasteiger charge is 2.24. The fourth-order valence-corrected chi connectivity index (χ4v) is 2.14. The van der Waals surface area contributed by atoms with Crippen molar-refractivity contribution in [1.29, 1.82) is 0 Å². The van der Waals surface area contributed by atoms with Crippen molar-refractivity contribution >= 4 is 17.5 Å². The molecular weight excluding hydrogens is 266 g/mol. The third-order valence-electron chi connectivity index (χ3n) is 3.06. The minimum atomic E-state index is -0.544. The van der Waals surface area contributed by atoms with E-state index in [-0.39, 0.29) is 5.91 Å². The first-order valence-electron chi connectivity index (χ1n) is 6.37. The number of hydrogen-bond donors (Lipinski definition) is 0. The van der Waals surface area contributed by atoms with E-state index in [2.05, 4.69) is 0 Å². The summed E-state index contributed by atoms with van der Waals surface area (Å²) in [6.07, 6.45) is -0.544. The van der Waals surface area contributed by atoms with Crippen molar-refractivity contribution in [1.82, 2.24) is 4.90 Å². The van der Waals surface area contributed by atoms with E-state index in [1.165, 1.54) is 0 Å². The van der Waals surface area contributed by atoms with Crippen molar-refractivity contribution in [3.8, 4) is 5.75 Å². The van der Waals surface area contributed by atoms with E-state index < -0.39 is 6.10 Å². The molecular formula is C14H18ClNO3. The lowest BCUT2D eigenvalue weighted by atomic mass is 10.2. The summed E-state index contributed by atoms with van der Waals surface area (Å²) in [4.78, 5) is 14.0. The smallest absolute Gasteiger partial charge is 0.263 e. The Hall–Kier alpha value is -1.26. The fourth-order valence-electron chi connectivity index (χ4n) is 1.98. The lowest BCUT2D eigenvalue weighted by Gasteiger charge is -2.29. The fraction of sp³-hybridized carbons (Fsp3) is 0.500. The molecule has 0 spiro atoms. The molecule has 4 nitrogen and oxygen atoms in total. The third kappa shape index (κ3) is 3.61. The number of nitrogens with zero attached hydrogens (tertiary/aromatic N) is 1. The minimum absolute atomic E-state index is 0.0270. The molecule has 1 aromatic rings. The van der Waals surface area contributed by atoms with Crippen LogP contribution in [-0.2, 0) is 9.53 Å². The lowest BCUT2D eigenvalue weighted by Crippen LogP contribution is -2.46. The van der Waals surface area contributed by atoms with Crippen LogP contribution in [0.25, 0.3) is 0 Å². The number of carbonyl (C=O) groups is 1. The second-order valence-electron chi connectivity index (χ2n) is 4.63. The molecule has 0 aromatic heterocycles. The van der Waals surface area contributed by atoms with Gasteiger partial charge in [-0.15, -0.1) is 0 Å². The summed E-state index contributed by atoms with van der Waals surface area (Å²) in [7, 11) is 0. The van der Waals surface area contributed by atoms with Crippen LogP contribution in [0.5, 0.6) is 5.75 Å². The number of halogens is 1. The summed E-state index contributed by atoms with van der Waals surface area (Å²) in [6, 6.07) is 5.52. The second-order valence-corrected chi connectivity index (χ2v) is 5.04. The standard InChI is InChI=1S/C14H18ClNO3/c1-10-3-4-12(15)13(9-10)19-11(2)14(17)16-5-7-18-8-6-16/h3-4,9,11H,5-8H2,1-2H3/t11-/m0/s1. The molecule has 0 unspecified atom stereocenters. The van der Waals surface area contributed by atoms with Crippen molar-refractivity contribution < 1.29 is 14.3 Å². The first-order chi connectivity index (χ1) is 9.08. The number of ether oxygens (including phenoxy) is 2. The molecule has 1 aliphatic rings. The maximum Gasteiger partial charge on any atom is 0.263 e. The second kappa shape index (κ2) is 6.26. The molecule has 5 heteroatoms. The van der Waals surface area contributed by atoms with E-state index in [0.717, 1.165) is 5.56 Å². The summed E-state index contributed by atoms with van der Waals surface area (Å²) in [5, 5.41) is 0.521. The van der Waals surface area contributed by atoms with Crippen molar-refractivity contribution in [2.45, 2.75) is 20.0 Å². The van der Waals surface area contributed by atoms with Gasteiger partial charge in [-0.05, 0) is 31.5 Å². The zero-order valence-corrected chi connectivity index (χ0v) is 11.9. The summed E-state index contributed by atoms with van der Waals surface area (Å²) in [5.41, 5.74) is 1.05. The van der Waals surface area contributed by atoms with Crippen LogP contribution in [-0.4, -0.2) is 43.2 Å². The Morgan fingerprint density at radius 1 is 1.42 bits per heavy atom. The third-order valence-corrected chi connectivity index (χ3v) is 3.37. The molecule has 0 bridgehead atoms. The molecule has 1 amide bonds. The SMILES string of the molecule is Cc1ccc(Cl)c(O[C@@H](C)C(=O)N2CCOCC2)c1. The Labute approximate surface area is 118 Å². The van der Waals surface area contributed by atoms with Crippen molar-refractivity contribution in [3.05, 3.63) is 28.8 Å². The monoisotopic (exact) mass is 283 g/mol. The van der Waals surface area contributed by atoms with E-state index in [1.807, 2.05) is 19.1 Å². The average Bonchev–Trinajstić information content (AvgIpc) is 2.43. The van der Waals surface area contributed by atoms with Crippen molar-refractivity contribution in [2.24, 2.45) is 0 Å². The molecule has 1 atom stereocenters. The molecule has 0 radical (unpaired) electrons. The van der Waals surface area contributed by atoms with Crippen LogP contribution in [0.1, 0.15) is 12.5 Å². The Balaban J connectivity index is 2.01. The Kier molecular flexibility index (Phi) is 4.66. The number of carbonyl (C=O) groups excluding carboxylic acids is 1. The van der Waals surface area contributed by atoms with Crippen LogP contribution in [0.3, 0.4) is 0 Å². The van der Waals surface area contributed by atoms with Gasteiger partial charge in [0.1, 0.15) is 5.75 Å². The molecule has 1 saturated heterocycles. The maximum atomic E-state index is 12.2. The highest BCUT2D eigenvalue weighted by molar-refractivity contribution is 6.32. The molecule has 104 valence electrons. The molecule has 0 N–H and O–H groups in total. The molecule has 1 fully saturated rings. The minimum Gasteiger partial charge on any atom is -0.479 e. The zero-order chi connectivity index (χ0) is 13.8. The first-order valence-corrected chi connectivity index (χ1v) is 6.75. The number of morpholine rings is 1. The van der Waals surface area contributed by atoms with E-state index in [4.69, 9.17) is 21.1 Å². The molecule has 0 saturated carbocycles. The van der Waals surface area contributed by atoms with Crippen LogP contribution >= 0.6 is 11.6 Å². The molecule has 2 rings (SSSR count). The zero-order valence-electron chi connectivity index (χ0n) is 11.2. The van der Waals surface area contributed by atoms with Gasteiger partial charge in [-0.25, -0.2) is 0 Å². The predicted molar refractivity (Wildman–Crippen MR) is 73.7 cm³/mol. The lowest BCUT2D eigenvalue weighted by molar-refractivity contribution is -0.142. The Bertz CT molecular complexity index is 458. The van der Waals surface area contributed by atoms with Gasteiger partial charge in [0.2, 0.25) is 0 Å². The Morgan fingerprint density at radius 2 is 2.11 bits per heavy atom. The molecule has 19 heavy (non-hydrogen) atoms. The van der Waals surface area contributed by atoms with Crippen molar-refractivity contribution in [3.63, 3.8) is 0 Å². The van der Waals surface area contributed by atoms with Gasteiger partial charge in [-0.1, -0.05) is 17.7 Å². The molecule has 1 heterocycles. The van der Waals surface area contributed by atoms with Gasteiger partial charge >= 0.3 is 0 Å². The average molecular weight is 284 g/mol.